The Kier molecular flexibility index (Phi) is 4.57. The average molecular weight is 395 g/mol. The Morgan fingerprint density at radius 2 is 1.87 bits per heavy atom. The lowest BCUT2D eigenvalue weighted by Crippen LogP contribution is -2.22. The van der Waals surface area contributed by atoms with Gasteiger partial charge in [0.05, 0.1) is 11.3 Å². The molecule has 30 heavy (non-hydrogen) atoms. The third-order valence-electron chi connectivity index (χ3n) is 5.03. The fourth-order valence-corrected chi connectivity index (χ4v) is 3.49. The van der Waals surface area contributed by atoms with E-state index >= 15 is 0 Å². The van der Waals surface area contributed by atoms with Crippen LogP contribution >= 0.6 is 0 Å². The zero-order chi connectivity index (χ0) is 20.3. The summed E-state index contributed by atoms with van der Waals surface area (Å²) in [5.41, 5.74) is 6.51. The van der Waals surface area contributed by atoms with E-state index in [-0.39, 0.29) is 5.91 Å². The minimum Gasteiger partial charge on any atom is -0.384 e. The second-order valence-corrected chi connectivity index (χ2v) is 6.90. The van der Waals surface area contributed by atoms with Crippen molar-refractivity contribution < 1.29 is 4.79 Å². The number of allylic oxidation sites excluding steroid dienone is 2. The number of rotatable bonds is 5. The molecular formula is C22H17N7O. The molecule has 0 unspecified atom stereocenters. The summed E-state index contributed by atoms with van der Waals surface area (Å²) in [7, 11) is 0. The van der Waals surface area contributed by atoms with Crippen molar-refractivity contribution in [3.05, 3.63) is 77.5 Å². The van der Waals surface area contributed by atoms with Crippen LogP contribution in [0.15, 0.2) is 81.9 Å². The highest BCUT2D eigenvalue weighted by Crippen LogP contribution is 2.29. The van der Waals surface area contributed by atoms with Crippen LogP contribution in [0.2, 0.25) is 0 Å². The number of carbonyl (C=O) groups is 1. The number of hydrogen-bond donors (Lipinski definition) is 2. The van der Waals surface area contributed by atoms with Crippen LogP contribution in [0, 0.1) is 0 Å². The SMILES string of the molecule is O=C1N=CN=C2C=C(NCc3ccc(-c4ccccc4-c4nnn[nH]4)cc3)CC=C12. The number of H-pyrrole nitrogens is 1. The second-order valence-electron chi connectivity index (χ2n) is 6.90. The number of nitrogens with one attached hydrogen (secondary N) is 2. The Morgan fingerprint density at radius 1 is 1.03 bits per heavy atom. The van der Waals surface area contributed by atoms with Gasteiger partial charge in [-0.25, -0.2) is 10.1 Å². The highest BCUT2D eigenvalue weighted by molar-refractivity contribution is 6.30. The number of aliphatic imine (C=N–C) groups is 2. The molecule has 0 saturated carbocycles. The monoisotopic (exact) mass is 395 g/mol. The van der Waals surface area contributed by atoms with E-state index in [9.17, 15) is 4.79 Å². The molecule has 1 aliphatic carbocycles. The molecule has 8 nitrogen and oxygen atoms in total. The molecule has 0 fully saturated rings. The molecule has 1 aromatic heterocycles. The maximum atomic E-state index is 11.8. The molecule has 1 aliphatic heterocycles. The summed E-state index contributed by atoms with van der Waals surface area (Å²) in [6.07, 6.45) is 5.75. The molecule has 2 N–H and O–H groups in total. The zero-order valence-electron chi connectivity index (χ0n) is 15.9. The predicted molar refractivity (Wildman–Crippen MR) is 114 cm³/mol. The van der Waals surface area contributed by atoms with Crippen LogP contribution in [0.25, 0.3) is 22.5 Å². The van der Waals surface area contributed by atoms with Gasteiger partial charge in [-0.1, -0.05) is 54.6 Å². The van der Waals surface area contributed by atoms with Crippen LogP contribution in [0.4, 0.5) is 0 Å². The summed E-state index contributed by atoms with van der Waals surface area (Å²) >= 11 is 0. The molecule has 8 heteroatoms. The van der Waals surface area contributed by atoms with Gasteiger partial charge in [-0.3, -0.25) is 4.79 Å². The van der Waals surface area contributed by atoms with Crippen LogP contribution in [-0.4, -0.2) is 38.6 Å². The fourth-order valence-electron chi connectivity index (χ4n) is 3.49. The number of tetrazole rings is 1. The lowest BCUT2D eigenvalue weighted by atomic mass is 9.98. The zero-order valence-corrected chi connectivity index (χ0v) is 15.9. The molecule has 2 aromatic carbocycles. The minimum absolute atomic E-state index is 0.229. The van der Waals surface area contributed by atoms with Gasteiger partial charge in [-0.15, -0.1) is 5.10 Å². The topological polar surface area (TPSA) is 108 Å². The van der Waals surface area contributed by atoms with Gasteiger partial charge in [-0.2, -0.15) is 4.99 Å². The molecule has 2 aliphatic rings. The van der Waals surface area contributed by atoms with Crippen molar-refractivity contribution in [3.8, 4) is 22.5 Å². The van der Waals surface area contributed by atoms with Gasteiger partial charge in [0.2, 0.25) is 0 Å². The highest BCUT2D eigenvalue weighted by Gasteiger charge is 2.20. The van der Waals surface area contributed by atoms with Crippen molar-refractivity contribution >= 4 is 18.0 Å². The van der Waals surface area contributed by atoms with Crippen molar-refractivity contribution in [2.24, 2.45) is 9.98 Å². The Balaban J connectivity index is 1.30. The first-order valence-corrected chi connectivity index (χ1v) is 9.50. The van der Waals surface area contributed by atoms with Gasteiger partial charge in [0.25, 0.3) is 5.91 Å². The predicted octanol–water partition coefficient (Wildman–Crippen LogP) is 2.85. The van der Waals surface area contributed by atoms with Crippen molar-refractivity contribution in [1.82, 2.24) is 25.9 Å². The molecule has 5 rings (SSSR count). The standard InChI is InChI=1S/C22H17N7O/c30-22-19-10-9-16(11-20(19)24-13-25-22)23-12-14-5-7-15(8-6-14)17-3-1-2-4-18(17)21-26-28-29-27-21/h1-8,10-11,13,23H,9,12H2,(H,26,27,28,29). The van der Waals surface area contributed by atoms with E-state index in [4.69, 9.17) is 0 Å². The average Bonchev–Trinajstić information content (AvgIpc) is 3.33. The summed E-state index contributed by atoms with van der Waals surface area (Å²) in [4.78, 5) is 19.6. The van der Waals surface area contributed by atoms with E-state index in [2.05, 4.69) is 66.3 Å². The van der Waals surface area contributed by atoms with Gasteiger partial charge in [-0.05, 0) is 33.2 Å². The van der Waals surface area contributed by atoms with Crippen molar-refractivity contribution in [2.45, 2.75) is 13.0 Å². The minimum atomic E-state index is -0.229. The number of amides is 1. The van der Waals surface area contributed by atoms with Crippen LogP contribution < -0.4 is 5.32 Å². The second kappa shape index (κ2) is 7.67. The molecule has 0 saturated heterocycles. The van der Waals surface area contributed by atoms with E-state index < -0.39 is 0 Å². The maximum absolute atomic E-state index is 11.8. The number of fused-ring (bicyclic) bond motifs is 1. The number of carbonyl (C=O) groups excluding carboxylic acids is 1. The molecule has 1 amide bonds. The Bertz CT molecular complexity index is 1220. The number of hydrogen-bond acceptors (Lipinski definition) is 6. The largest absolute Gasteiger partial charge is 0.384 e. The summed E-state index contributed by atoms with van der Waals surface area (Å²) in [5.74, 6) is 0.412. The molecule has 0 spiro atoms. The first kappa shape index (κ1) is 17.9. The van der Waals surface area contributed by atoms with E-state index in [1.807, 2.05) is 30.4 Å². The summed E-state index contributed by atoms with van der Waals surface area (Å²) in [6.45, 7) is 0.679. The maximum Gasteiger partial charge on any atom is 0.280 e. The van der Waals surface area contributed by atoms with Crippen LogP contribution in [-0.2, 0) is 11.3 Å². The quantitative estimate of drug-likeness (QED) is 0.691. The van der Waals surface area contributed by atoms with Crippen LogP contribution in [0.1, 0.15) is 12.0 Å². The van der Waals surface area contributed by atoms with Gasteiger partial charge >= 0.3 is 0 Å². The number of aromatic nitrogens is 4. The number of aromatic amines is 1. The van der Waals surface area contributed by atoms with Crippen LogP contribution in [0.3, 0.4) is 0 Å². The molecule has 0 radical (unpaired) electrons. The van der Waals surface area contributed by atoms with Crippen LogP contribution in [0.5, 0.6) is 0 Å². The number of nitrogens with zero attached hydrogens (tertiary/aromatic N) is 5. The van der Waals surface area contributed by atoms with Crippen molar-refractivity contribution in [1.29, 1.82) is 0 Å². The van der Waals surface area contributed by atoms with Crippen molar-refractivity contribution in [3.63, 3.8) is 0 Å². The Labute approximate surface area is 172 Å². The van der Waals surface area contributed by atoms with Gasteiger partial charge in [0.15, 0.2) is 5.82 Å². The summed E-state index contributed by atoms with van der Waals surface area (Å²) in [5, 5.41) is 17.6. The molecular weight excluding hydrogens is 378 g/mol. The lowest BCUT2D eigenvalue weighted by molar-refractivity contribution is -0.113. The lowest BCUT2D eigenvalue weighted by Gasteiger charge is -2.17. The molecule has 146 valence electrons. The molecule has 3 aromatic rings. The molecule has 0 bridgehead atoms. The Hall–Kier alpha value is -4.20. The van der Waals surface area contributed by atoms with E-state index in [1.54, 1.807) is 0 Å². The summed E-state index contributed by atoms with van der Waals surface area (Å²) in [6, 6.07) is 16.4. The fraction of sp³-hybridized carbons (Fsp3) is 0.0909. The first-order valence-electron chi connectivity index (χ1n) is 9.50. The normalized spacial score (nSPS) is 15.2. The molecule has 0 atom stereocenters. The van der Waals surface area contributed by atoms with E-state index in [1.165, 1.54) is 6.34 Å². The van der Waals surface area contributed by atoms with Crippen molar-refractivity contribution in [2.75, 3.05) is 0 Å². The van der Waals surface area contributed by atoms with E-state index in [0.29, 0.717) is 30.1 Å². The summed E-state index contributed by atoms with van der Waals surface area (Å²) < 4.78 is 0. The van der Waals surface area contributed by atoms with Gasteiger partial charge in [0.1, 0.15) is 6.34 Å². The van der Waals surface area contributed by atoms with Gasteiger partial charge < -0.3 is 5.32 Å². The third-order valence-corrected chi connectivity index (χ3v) is 5.03. The molecule has 2 heterocycles. The van der Waals surface area contributed by atoms with Gasteiger partial charge in [0, 0.05) is 24.2 Å². The first-order chi connectivity index (χ1) is 14.8. The highest BCUT2D eigenvalue weighted by atomic mass is 16.1. The van der Waals surface area contributed by atoms with E-state index in [0.717, 1.165) is 28.0 Å². The Morgan fingerprint density at radius 3 is 2.67 bits per heavy atom. The number of benzene rings is 2. The third kappa shape index (κ3) is 3.46. The smallest absolute Gasteiger partial charge is 0.280 e.